The summed E-state index contributed by atoms with van der Waals surface area (Å²) in [5, 5.41) is 3.97. The van der Waals surface area contributed by atoms with E-state index < -0.39 is 0 Å². The lowest BCUT2D eigenvalue weighted by Crippen LogP contribution is -2.25. The number of rotatable bonds is 4. The Balaban J connectivity index is 1.79. The average molecular weight is 326 g/mol. The van der Waals surface area contributed by atoms with Crippen LogP contribution in [0, 0.1) is 13.8 Å². The standard InChI is InChI=1S/C18H18N2O2S/c1-12-17(13(2)22-19-12)15-9-10-16(23-15)18(21)20(3)11-14-7-5-4-6-8-14/h4-10H,11H2,1-3H3. The number of hydrogen-bond acceptors (Lipinski definition) is 4. The molecule has 0 bridgehead atoms. The molecular formula is C18H18N2O2S. The van der Waals surface area contributed by atoms with Crippen LogP contribution < -0.4 is 0 Å². The first-order valence-corrected chi connectivity index (χ1v) is 8.20. The zero-order valence-corrected chi connectivity index (χ0v) is 14.2. The third kappa shape index (κ3) is 3.19. The van der Waals surface area contributed by atoms with E-state index in [9.17, 15) is 4.79 Å². The summed E-state index contributed by atoms with van der Waals surface area (Å²) in [4.78, 5) is 16.1. The number of carbonyl (C=O) groups excluding carboxylic acids is 1. The van der Waals surface area contributed by atoms with E-state index in [1.54, 1.807) is 4.90 Å². The molecule has 0 aliphatic rings. The van der Waals surface area contributed by atoms with Crippen molar-refractivity contribution in [1.29, 1.82) is 0 Å². The van der Waals surface area contributed by atoms with Crippen molar-refractivity contribution in [2.45, 2.75) is 20.4 Å². The number of benzene rings is 1. The maximum Gasteiger partial charge on any atom is 0.263 e. The minimum absolute atomic E-state index is 0.0249. The third-order valence-corrected chi connectivity index (χ3v) is 4.80. The summed E-state index contributed by atoms with van der Waals surface area (Å²) < 4.78 is 5.21. The predicted octanol–water partition coefficient (Wildman–Crippen LogP) is 4.29. The second kappa shape index (κ2) is 6.38. The molecule has 0 N–H and O–H groups in total. The first-order chi connectivity index (χ1) is 11.1. The maximum atomic E-state index is 12.6. The lowest BCUT2D eigenvalue weighted by molar-refractivity contribution is 0.0790. The Morgan fingerprint density at radius 2 is 1.91 bits per heavy atom. The van der Waals surface area contributed by atoms with Crippen LogP contribution in [-0.4, -0.2) is 23.0 Å². The molecule has 0 aliphatic carbocycles. The Bertz CT molecular complexity index is 801. The summed E-state index contributed by atoms with van der Waals surface area (Å²) in [7, 11) is 1.82. The van der Waals surface area contributed by atoms with Crippen LogP contribution in [0.5, 0.6) is 0 Å². The van der Waals surface area contributed by atoms with Crippen molar-refractivity contribution in [3.63, 3.8) is 0 Å². The predicted molar refractivity (Wildman–Crippen MR) is 91.5 cm³/mol. The Hall–Kier alpha value is -2.40. The van der Waals surface area contributed by atoms with Crippen LogP contribution in [0.2, 0.25) is 0 Å². The summed E-state index contributed by atoms with van der Waals surface area (Å²) in [6.45, 7) is 4.39. The smallest absolute Gasteiger partial charge is 0.263 e. The number of thiophene rings is 1. The fraction of sp³-hybridized carbons (Fsp3) is 0.222. The van der Waals surface area contributed by atoms with Crippen molar-refractivity contribution >= 4 is 17.2 Å². The van der Waals surface area contributed by atoms with Gasteiger partial charge >= 0.3 is 0 Å². The monoisotopic (exact) mass is 326 g/mol. The molecule has 0 saturated heterocycles. The topological polar surface area (TPSA) is 46.3 Å². The summed E-state index contributed by atoms with van der Waals surface area (Å²) in [5.74, 6) is 0.804. The van der Waals surface area contributed by atoms with Gasteiger partial charge < -0.3 is 9.42 Å². The van der Waals surface area contributed by atoms with Gasteiger partial charge in [0.15, 0.2) is 0 Å². The van der Waals surface area contributed by atoms with Gasteiger partial charge in [-0.25, -0.2) is 0 Å². The Kier molecular flexibility index (Phi) is 4.30. The molecule has 4 nitrogen and oxygen atoms in total. The molecule has 3 aromatic rings. The average Bonchev–Trinajstić information content (AvgIpc) is 3.14. The van der Waals surface area contributed by atoms with Gasteiger partial charge in [0, 0.05) is 18.5 Å². The molecular weight excluding hydrogens is 308 g/mol. The van der Waals surface area contributed by atoms with Crippen LogP contribution in [0.25, 0.3) is 10.4 Å². The van der Waals surface area contributed by atoms with Gasteiger partial charge in [0.05, 0.1) is 16.1 Å². The second-order valence-corrected chi connectivity index (χ2v) is 6.59. The van der Waals surface area contributed by atoms with Crippen molar-refractivity contribution < 1.29 is 9.32 Å². The summed E-state index contributed by atoms with van der Waals surface area (Å²) in [6, 6.07) is 13.8. The van der Waals surface area contributed by atoms with Crippen molar-refractivity contribution in [3.8, 4) is 10.4 Å². The van der Waals surface area contributed by atoms with E-state index in [0.717, 1.165) is 32.3 Å². The Morgan fingerprint density at radius 1 is 1.17 bits per heavy atom. The zero-order chi connectivity index (χ0) is 16.4. The van der Waals surface area contributed by atoms with Crippen LogP contribution in [0.1, 0.15) is 26.7 Å². The van der Waals surface area contributed by atoms with Crippen LogP contribution >= 0.6 is 11.3 Å². The minimum atomic E-state index is 0.0249. The third-order valence-electron chi connectivity index (χ3n) is 3.71. The number of hydrogen-bond donors (Lipinski definition) is 0. The minimum Gasteiger partial charge on any atom is -0.361 e. The first kappa shape index (κ1) is 15.5. The van der Waals surface area contributed by atoms with E-state index >= 15 is 0 Å². The highest BCUT2D eigenvalue weighted by Gasteiger charge is 2.18. The molecule has 1 aromatic carbocycles. The molecule has 1 amide bonds. The van der Waals surface area contributed by atoms with E-state index in [4.69, 9.17) is 4.52 Å². The first-order valence-electron chi connectivity index (χ1n) is 7.38. The molecule has 118 valence electrons. The van der Waals surface area contributed by atoms with Crippen LogP contribution in [0.4, 0.5) is 0 Å². The molecule has 0 atom stereocenters. The van der Waals surface area contributed by atoms with E-state index in [1.807, 2.05) is 63.4 Å². The second-order valence-electron chi connectivity index (χ2n) is 5.51. The Morgan fingerprint density at radius 3 is 2.57 bits per heavy atom. The van der Waals surface area contributed by atoms with Crippen LogP contribution in [-0.2, 0) is 6.54 Å². The van der Waals surface area contributed by atoms with Crippen molar-refractivity contribution in [2.24, 2.45) is 0 Å². The molecule has 2 heterocycles. The van der Waals surface area contributed by atoms with E-state index in [0.29, 0.717) is 6.54 Å². The summed E-state index contributed by atoms with van der Waals surface area (Å²) in [6.07, 6.45) is 0. The molecule has 23 heavy (non-hydrogen) atoms. The normalized spacial score (nSPS) is 10.7. The molecule has 0 unspecified atom stereocenters. The number of aromatic nitrogens is 1. The molecule has 5 heteroatoms. The van der Waals surface area contributed by atoms with E-state index in [-0.39, 0.29) is 5.91 Å². The number of nitrogens with zero attached hydrogens (tertiary/aromatic N) is 2. The highest BCUT2D eigenvalue weighted by molar-refractivity contribution is 7.17. The van der Waals surface area contributed by atoms with Crippen molar-refractivity contribution in [3.05, 3.63) is 64.4 Å². The number of carbonyl (C=O) groups is 1. The van der Waals surface area contributed by atoms with Crippen LogP contribution in [0.15, 0.2) is 47.0 Å². The molecule has 3 rings (SSSR count). The van der Waals surface area contributed by atoms with Gasteiger partial charge in [-0.05, 0) is 31.5 Å². The molecule has 0 saturated carbocycles. The summed E-state index contributed by atoms with van der Waals surface area (Å²) >= 11 is 1.47. The number of aryl methyl sites for hydroxylation is 2. The summed E-state index contributed by atoms with van der Waals surface area (Å²) in [5.41, 5.74) is 2.95. The van der Waals surface area contributed by atoms with Crippen molar-refractivity contribution in [1.82, 2.24) is 10.1 Å². The molecule has 2 aromatic heterocycles. The van der Waals surface area contributed by atoms with Gasteiger partial charge in [-0.1, -0.05) is 35.5 Å². The van der Waals surface area contributed by atoms with Gasteiger partial charge in [-0.3, -0.25) is 4.79 Å². The lowest BCUT2D eigenvalue weighted by atomic mass is 10.2. The maximum absolute atomic E-state index is 12.6. The molecule has 0 spiro atoms. The lowest BCUT2D eigenvalue weighted by Gasteiger charge is -2.16. The van der Waals surface area contributed by atoms with Gasteiger partial charge in [0.25, 0.3) is 5.91 Å². The SMILES string of the molecule is Cc1noc(C)c1-c1ccc(C(=O)N(C)Cc2ccccc2)s1. The van der Waals surface area contributed by atoms with Crippen molar-refractivity contribution in [2.75, 3.05) is 7.05 Å². The van der Waals surface area contributed by atoms with Gasteiger partial charge in [-0.2, -0.15) is 0 Å². The van der Waals surface area contributed by atoms with Crippen LogP contribution in [0.3, 0.4) is 0 Å². The largest absolute Gasteiger partial charge is 0.361 e. The molecule has 0 fully saturated rings. The fourth-order valence-electron chi connectivity index (χ4n) is 2.54. The Labute approximate surface area is 139 Å². The van der Waals surface area contributed by atoms with Gasteiger partial charge in [0.1, 0.15) is 5.76 Å². The fourth-order valence-corrected chi connectivity index (χ4v) is 3.68. The molecule has 0 radical (unpaired) electrons. The van der Waals surface area contributed by atoms with Gasteiger partial charge in [0.2, 0.25) is 0 Å². The number of amides is 1. The molecule has 0 aliphatic heterocycles. The highest BCUT2D eigenvalue weighted by atomic mass is 32.1. The van der Waals surface area contributed by atoms with E-state index in [2.05, 4.69) is 5.16 Å². The van der Waals surface area contributed by atoms with E-state index in [1.165, 1.54) is 11.3 Å². The van der Waals surface area contributed by atoms with Gasteiger partial charge in [-0.15, -0.1) is 11.3 Å². The highest BCUT2D eigenvalue weighted by Crippen LogP contribution is 2.33. The zero-order valence-electron chi connectivity index (χ0n) is 13.4. The quantitative estimate of drug-likeness (QED) is 0.718.